The Hall–Kier alpha value is -6.84. The number of hydrogen-bond acceptors (Lipinski definition) is 1. The molecule has 3 heterocycles. The normalized spacial score (nSPS) is 16.2. The van der Waals surface area contributed by atoms with Gasteiger partial charge in [-0.3, -0.25) is 0 Å². The van der Waals surface area contributed by atoms with Crippen molar-refractivity contribution in [3.63, 3.8) is 0 Å². The highest BCUT2D eigenvalue weighted by Gasteiger charge is 2.50. The molecule has 0 bridgehead atoms. The highest BCUT2D eigenvalue weighted by molar-refractivity contribution is 6.12. The van der Waals surface area contributed by atoms with Crippen molar-refractivity contribution >= 4 is 43.6 Å². The van der Waals surface area contributed by atoms with Crippen LogP contribution in [0.1, 0.15) is 76.3 Å². The molecule has 298 valence electrons. The van der Waals surface area contributed by atoms with Gasteiger partial charge >= 0.3 is 0 Å². The number of nitrogens with zero attached hydrogens (tertiary/aromatic N) is 2. The van der Waals surface area contributed by atoms with E-state index in [1.54, 1.807) is 0 Å². The van der Waals surface area contributed by atoms with Gasteiger partial charge in [0.05, 0.1) is 27.5 Å². The molecule has 1 aliphatic heterocycles. The Morgan fingerprint density at radius 3 is 1.77 bits per heavy atom. The molecule has 11 rings (SSSR count). The van der Waals surface area contributed by atoms with Gasteiger partial charge in [0, 0.05) is 38.5 Å². The third-order valence-electron chi connectivity index (χ3n) is 13.5. The van der Waals surface area contributed by atoms with Crippen LogP contribution in [0.3, 0.4) is 0 Å². The minimum atomic E-state index is -0.553. The third-order valence-corrected chi connectivity index (χ3v) is 13.5. The van der Waals surface area contributed by atoms with E-state index in [0.29, 0.717) is 0 Å². The minimum absolute atomic E-state index is 0.0326. The van der Waals surface area contributed by atoms with Crippen molar-refractivity contribution in [2.75, 3.05) is 0 Å². The summed E-state index contributed by atoms with van der Waals surface area (Å²) >= 11 is 0. The zero-order chi connectivity index (χ0) is 42.0. The summed E-state index contributed by atoms with van der Waals surface area (Å²) in [4.78, 5) is 0. The summed E-state index contributed by atoms with van der Waals surface area (Å²) < 4.78 is 11.6. The summed E-state index contributed by atoms with van der Waals surface area (Å²) in [6.45, 7) is 20.0. The largest absolute Gasteiger partial charge is 0.457 e. The lowest BCUT2D eigenvalue weighted by molar-refractivity contribution is 0.399. The first-order valence-corrected chi connectivity index (χ1v) is 21.5. The Morgan fingerprint density at radius 2 is 1.07 bits per heavy atom. The van der Waals surface area contributed by atoms with E-state index in [0.717, 1.165) is 34.0 Å². The van der Waals surface area contributed by atoms with Gasteiger partial charge in [0.1, 0.15) is 11.5 Å². The maximum Gasteiger partial charge on any atom is 0.132 e. The van der Waals surface area contributed by atoms with E-state index in [1.165, 1.54) is 77.0 Å². The Kier molecular flexibility index (Phi) is 7.97. The summed E-state index contributed by atoms with van der Waals surface area (Å²) in [5.74, 6) is 1.73. The molecule has 0 saturated heterocycles. The number of benzene rings is 7. The molecule has 0 fully saturated rings. The Bertz CT molecular complexity index is 3320. The fraction of sp³-hybridized carbons (Fsp3) is 0.172. The molecule has 1 unspecified atom stereocenters. The lowest BCUT2D eigenvalue weighted by Gasteiger charge is -2.39. The molecule has 3 nitrogen and oxygen atoms in total. The molecule has 0 amide bonds. The Balaban J connectivity index is 1.19. The van der Waals surface area contributed by atoms with Crippen molar-refractivity contribution in [2.24, 2.45) is 0 Å². The van der Waals surface area contributed by atoms with Crippen molar-refractivity contribution in [2.45, 2.75) is 64.7 Å². The van der Waals surface area contributed by atoms with Gasteiger partial charge in [-0.15, -0.1) is 0 Å². The first kappa shape index (κ1) is 37.2. The molecule has 3 heteroatoms. The Morgan fingerprint density at radius 1 is 0.508 bits per heavy atom. The summed E-state index contributed by atoms with van der Waals surface area (Å²) in [6, 6.07) is 54.7. The molecule has 0 radical (unpaired) electrons. The van der Waals surface area contributed by atoms with Crippen LogP contribution in [-0.4, -0.2) is 9.13 Å². The number of fused-ring (bicyclic) bond motifs is 13. The molecule has 1 atom stereocenters. The first-order valence-electron chi connectivity index (χ1n) is 21.5. The predicted octanol–water partition coefficient (Wildman–Crippen LogP) is 15.2. The summed E-state index contributed by atoms with van der Waals surface area (Å²) in [5, 5.41) is 5.05. The van der Waals surface area contributed by atoms with Gasteiger partial charge in [-0.05, 0) is 123 Å². The van der Waals surface area contributed by atoms with Crippen molar-refractivity contribution in [3.8, 4) is 28.3 Å². The van der Waals surface area contributed by atoms with E-state index in [2.05, 4.69) is 216 Å². The van der Waals surface area contributed by atoms with Crippen LogP contribution in [0.4, 0.5) is 0 Å². The molecule has 7 aromatic carbocycles. The van der Waals surface area contributed by atoms with Crippen molar-refractivity contribution in [3.05, 3.63) is 210 Å². The fourth-order valence-corrected chi connectivity index (χ4v) is 10.5. The van der Waals surface area contributed by atoms with Gasteiger partial charge < -0.3 is 13.9 Å². The fourth-order valence-electron chi connectivity index (χ4n) is 10.5. The number of aromatic nitrogens is 2. The topological polar surface area (TPSA) is 19.1 Å². The SMILES string of the molecule is C=C/C=C\C1=C(C)C2(c3ccccc3O1)c1ccccc1-c1ccc(-n3c4ccccc4c4ccc(-n5c6ccc(C(C)(C)C)cc6c6cc(C(C)(C)C)ccc65)cc43)cc12. The number of hydrogen-bond donors (Lipinski definition) is 0. The Labute approximate surface area is 358 Å². The van der Waals surface area contributed by atoms with E-state index in [9.17, 15) is 0 Å². The number of allylic oxidation sites excluding steroid dienone is 4. The lowest BCUT2D eigenvalue weighted by atomic mass is 9.66. The van der Waals surface area contributed by atoms with Gasteiger partial charge in [0.25, 0.3) is 0 Å². The lowest BCUT2D eigenvalue weighted by Crippen LogP contribution is -2.33. The number of ether oxygens (including phenoxy) is 1. The highest BCUT2D eigenvalue weighted by atomic mass is 16.5. The summed E-state index contributed by atoms with van der Waals surface area (Å²) in [6.07, 6.45) is 5.84. The molecule has 0 saturated carbocycles. The molecule has 1 spiro atoms. The van der Waals surface area contributed by atoms with Gasteiger partial charge in [-0.1, -0.05) is 145 Å². The molecule has 0 N–H and O–H groups in total. The maximum absolute atomic E-state index is 6.67. The van der Waals surface area contributed by atoms with Gasteiger partial charge in [0.2, 0.25) is 0 Å². The van der Waals surface area contributed by atoms with Crippen molar-refractivity contribution in [1.82, 2.24) is 9.13 Å². The maximum atomic E-state index is 6.67. The van der Waals surface area contributed by atoms with E-state index in [1.807, 2.05) is 12.2 Å². The molecule has 61 heavy (non-hydrogen) atoms. The van der Waals surface area contributed by atoms with Gasteiger partial charge in [0.15, 0.2) is 0 Å². The molecule has 2 aliphatic rings. The molecule has 1 aliphatic carbocycles. The predicted molar refractivity (Wildman–Crippen MR) is 257 cm³/mol. The van der Waals surface area contributed by atoms with E-state index >= 15 is 0 Å². The number of para-hydroxylation sites is 2. The second-order valence-corrected chi connectivity index (χ2v) is 19.1. The van der Waals surface area contributed by atoms with Crippen LogP contribution < -0.4 is 4.74 Å². The highest BCUT2D eigenvalue weighted by Crippen LogP contribution is 2.60. The average molecular weight is 791 g/mol. The second-order valence-electron chi connectivity index (χ2n) is 19.1. The summed E-state index contributed by atoms with van der Waals surface area (Å²) in [7, 11) is 0. The van der Waals surface area contributed by atoms with Crippen LogP contribution in [0.5, 0.6) is 5.75 Å². The van der Waals surface area contributed by atoms with Crippen LogP contribution in [0.15, 0.2) is 182 Å². The van der Waals surface area contributed by atoms with Gasteiger partial charge in [-0.2, -0.15) is 0 Å². The third kappa shape index (κ3) is 5.29. The monoisotopic (exact) mass is 790 g/mol. The van der Waals surface area contributed by atoms with Crippen LogP contribution in [0, 0.1) is 0 Å². The standard InChI is InChI=1S/C58H50N2O/c1-9-10-22-54-36(2)58(48-20-14-16-23-55(48)61-54)47-19-13-11-17-41(47)42-28-26-39(34-49(42)58)60-50-21-15-12-18-43(50)44-29-27-40(35-53(44)60)59-51-30-24-37(56(3,4)5)32-45(51)46-33-38(57(6,7)8)25-31-52(46)59/h9-35H,1H2,2-8H3/b22-10-. The quantitative estimate of drug-likeness (QED) is 0.163. The zero-order valence-corrected chi connectivity index (χ0v) is 36.1. The van der Waals surface area contributed by atoms with Crippen molar-refractivity contribution in [1.29, 1.82) is 0 Å². The summed E-state index contributed by atoms with van der Waals surface area (Å²) in [5.41, 5.74) is 16.6. The van der Waals surface area contributed by atoms with Crippen LogP contribution in [0.2, 0.25) is 0 Å². The van der Waals surface area contributed by atoms with Crippen LogP contribution >= 0.6 is 0 Å². The smallest absolute Gasteiger partial charge is 0.132 e. The first-order chi connectivity index (χ1) is 29.4. The molecular weight excluding hydrogens is 741 g/mol. The second kappa shape index (κ2) is 13.1. The molecular formula is C58H50N2O. The van der Waals surface area contributed by atoms with Gasteiger partial charge in [-0.25, -0.2) is 0 Å². The van der Waals surface area contributed by atoms with Crippen LogP contribution in [0.25, 0.3) is 66.1 Å². The van der Waals surface area contributed by atoms with E-state index in [-0.39, 0.29) is 10.8 Å². The van der Waals surface area contributed by atoms with E-state index in [4.69, 9.17) is 4.74 Å². The average Bonchev–Trinajstić information content (AvgIpc) is 3.87. The minimum Gasteiger partial charge on any atom is -0.457 e. The van der Waals surface area contributed by atoms with Crippen molar-refractivity contribution < 1.29 is 4.74 Å². The molecule has 2 aromatic heterocycles. The van der Waals surface area contributed by atoms with E-state index < -0.39 is 5.41 Å². The van der Waals surface area contributed by atoms with Crippen LogP contribution in [-0.2, 0) is 16.2 Å². The number of rotatable bonds is 4. The zero-order valence-electron chi connectivity index (χ0n) is 36.1. The molecule has 9 aromatic rings.